The van der Waals surface area contributed by atoms with Crippen molar-refractivity contribution in [2.24, 2.45) is 5.92 Å². The molecule has 1 atom stereocenters. The molecule has 1 aromatic carbocycles. The first-order chi connectivity index (χ1) is 12.2. The van der Waals surface area contributed by atoms with E-state index in [0.717, 1.165) is 31.3 Å². The standard InChI is InChI=1S/C18H27NO6S/c1-13(2)18(20)19(12-15-6-5-9-24-15)11-14-7-8-16(23-3)17(10-14)25-26(4,21)22/h7-8,10,13,15H,5-6,9,11-12H2,1-4H3/t15-/m0/s1. The zero-order valence-electron chi connectivity index (χ0n) is 15.7. The first kappa shape index (κ1) is 20.5. The van der Waals surface area contributed by atoms with Gasteiger partial charge in [0.2, 0.25) is 5.91 Å². The van der Waals surface area contributed by atoms with Crippen molar-refractivity contribution in [3.8, 4) is 11.5 Å². The summed E-state index contributed by atoms with van der Waals surface area (Å²) in [6.45, 7) is 5.31. The summed E-state index contributed by atoms with van der Waals surface area (Å²) in [5.74, 6) is 0.324. The van der Waals surface area contributed by atoms with E-state index in [1.54, 1.807) is 23.1 Å². The van der Waals surface area contributed by atoms with Crippen LogP contribution in [-0.2, 0) is 26.2 Å². The summed E-state index contributed by atoms with van der Waals surface area (Å²) < 4.78 is 38.8. The second-order valence-electron chi connectivity index (χ2n) is 6.78. The molecule has 0 aromatic heterocycles. The largest absolute Gasteiger partial charge is 0.493 e. The topological polar surface area (TPSA) is 82.1 Å². The first-order valence-corrected chi connectivity index (χ1v) is 10.5. The summed E-state index contributed by atoms with van der Waals surface area (Å²) in [6.07, 6.45) is 2.96. The van der Waals surface area contributed by atoms with Gasteiger partial charge in [0.05, 0.1) is 19.5 Å². The number of benzene rings is 1. The third-order valence-electron chi connectivity index (χ3n) is 4.10. The van der Waals surface area contributed by atoms with Crippen molar-refractivity contribution in [2.45, 2.75) is 39.3 Å². The molecule has 2 rings (SSSR count). The predicted molar refractivity (Wildman–Crippen MR) is 97.7 cm³/mol. The Morgan fingerprint density at radius 3 is 2.62 bits per heavy atom. The third kappa shape index (κ3) is 5.88. The molecule has 1 aliphatic heterocycles. The average molecular weight is 385 g/mol. The summed E-state index contributed by atoms with van der Waals surface area (Å²) in [5, 5.41) is 0. The van der Waals surface area contributed by atoms with Crippen LogP contribution >= 0.6 is 0 Å². The van der Waals surface area contributed by atoms with Gasteiger partial charge in [0.25, 0.3) is 0 Å². The van der Waals surface area contributed by atoms with Gasteiger partial charge in [0.15, 0.2) is 11.5 Å². The molecule has 0 radical (unpaired) electrons. The Hall–Kier alpha value is -1.80. The molecule has 8 heteroatoms. The molecule has 0 N–H and O–H groups in total. The molecule has 0 saturated carbocycles. The molecular formula is C18H27NO6S. The quantitative estimate of drug-likeness (QED) is 0.638. The normalized spacial score (nSPS) is 17.3. The highest BCUT2D eigenvalue weighted by Crippen LogP contribution is 2.30. The van der Waals surface area contributed by atoms with E-state index in [0.29, 0.717) is 18.8 Å². The van der Waals surface area contributed by atoms with Gasteiger partial charge in [0, 0.05) is 25.6 Å². The number of ether oxygens (including phenoxy) is 2. The molecule has 0 spiro atoms. The summed E-state index contributed by atoms with van der Waals surface area (Å²) in [7, 11) is -2.24. The van der Waals surface area contributed by atoms with E-state index in [9.17, 15) is 13.2 Å². The van der Waals surface area contributed by atoms with Crippen LogP contribution in [0.25, 0.3) is 0 Å². The van der Waals surface area contributed by atoms with Crippen LogP contribution in [0.1, 0.15) is 32.3 Å². The second-order valence-corrected chi connectivity index (χ2v) is 8.36. The zero-order valence-corrected chi connectivity index (χ0v) is 16.5. The minimum atomic E-state index is -3.68. The van der Waals surface area contributed by atoms with Crippen molar-refractivity contribution in [3.05, 3.63) is 23.8 Å². The number of methoxy groups -OCH3 is 1. The third-order valence-corrected chi connectivity index (χ3v) is 4.58. The van der Waals surface area contributed by atoms with Crippen LogP contribution in [-0.4, -0.2) is 51.8 Å². The van der Waals surface area contributed by atoms with Crippen LogP contribution in [0, 0.1) is 5.92 Å². The highest BCUT2D eigenvalue weighted by molar-refractivity contribution is 7.86. The van der Waals surface area contributed by atoms with Crippen LogP contribution in [0.4, 0.5) is 0 Å². The molecule has 0 aliphatic carbocycles. The van der Waals surface area contributed by atoms with Gasteiger partial charge >= 0.3 is 10.1 Å². The number of carbonyl (C=O) groups excluding carboxylic acids is 1. The smallest absolute Gasteiger partial charge is 0.306 e. The van der Waals surface area contributed by atoms with Crippen molar-refractivity contribution in [1.82, 2.24) is 4.90 Å². The molecule has 7 nitrogen and oxygen atoms in total. The Morgan fingerprint density at radius 2 is 2.08 bits per heavy atom. The van der Waals surface area contributed by atoms with E-state index in [4.69, 9.17) is 13.7 Å². The molecule has 0 unspecified atom stereocenters. The molecule has 1 saturated heterocycles. The molecule has 0 bridgehead atoms. The summed E-state index contributed by atoms with van der Waals surface area (Å²) >= 11 is 0. The number of hydrogen-bond acceptors (Lipinski definition) is 6. The Bertz CT molecular complexity index is 725. The first-order valence-electron chi connectivity index (χ1n) is 8.66. The molecule has 1 aromatic rings. The lowest BCUT2D eigenvalue weighted by Crippen LogP contribution is -2.39. The van der Waals surface area contributed by atoms with Crippen LogP contribution < -0.4 is 8.92 Å². The molecule has 26 heavy (non-hydrogen) atoms. The van der Waals surface area contributed by atoms with E-state index in [2.05, 4.69) is 0 Å². The van der Waals surface area contributed by atoms with E-state index >= 15 is 0 Å². The van der Waals surface area contributed by atoms with Gasteiger partial charge in [-0.3, -0.25) is 4.79 Å². The Kier molecular flexibility index (Phi) is 6.88. The van der Waals surface area contributed by atoms with Gasteiger partial charge in [-0.2, -0.15) is 8.42 Å². The van der Waals surface area contributed by atoms with Crippen molar-refractivity contribution in [3.63, 3.8) is 0 Å². The Morgan fingerprint density at radius 1 is 1.35 bits per heavy atom. The monoisotopic (exact) mass is 385 g/mol. The zero-order chi connectivity index (χ0) is 19.3. The SMILES string of the molecule is COc1ccc(CN(C[C@@H]2CCCO2)C(=O)C(C)C)cc1OS(C)(=O)=O. The van der Waals surface area contributed by atoms with Crippen LogP contribution in [0.2, 0.25) is 0 Å². The van der Waals surface area contributed by atoms with Crippen LogP contribution in [0.15, 0.2) is 18.2 Å². The lowest BCUT2D eigenvalue weighted by Gasteiger charge is -2.27. The van der Waals surface area contributed by atoms with Gasteiger partial charge in [-0.05, 0) is 30.5 Å². The molecule has 1 fully saturated rings. The van der Waals surface area contributed by atoms with E-state index in [-0.39, 0.29) is 23.7 Å². The summed E-state index contributed by atoms with van der Waals surface area (Å²) in [5.41, 5.74) is 0.761. The van der Waals surface area contributed by atoms with Crippen molar-refractivity contribution < 1.29 is 26.9 Å². The van der Waals surface area contributed by atoms with Crippen molar-refractivity contribution >= 4 is 16.0 Å². The maximum Gasteiger partial charge on any atom is 0.306 e. The molecular weight excluding hydrogens is 358 g/mol. The van der Waals surface area contributed by atoms with Crippen molar-refractivity contribution in [2.75, 3.05) is 26.5 Å². The van der Waals surface area contributed by atoms with E-state index in [1.165, 1.54) is 7.11 Å². The predicted octanol–water partition coefficient (Wildman–Crippen LogP) is 2.20. The van der Waals surface area contributed by atoms with Gasteiger partial charge in [0.1, 0.15) is 0 Å². The second kappa shape index (κ2) is 8.73. The van der Waals surface area contributed by atoms with Crippen LogP contribution in [0.5, 0.6) is 11.5 Å². The molecule has 146 valence electrons. The summed E-state index contributed by atoms with van der Waals surface area (Å²) in [6, 6.07) is 5.03. The van der Waals surface area contributed by atoms with Gasteiger partial charge < -0.3 is 18.6 Å². The lowest BCUT2D eigenvalue weighted by atomic mass is 10.1. The minimum Gasteiger partial charge on any atom is -0.493 e. The van der Waals surface area contributed by atoms with Crippen molar-refractivity contribution in [1.29, 1.82) is 0 Å². The fourth-order valence-corrected chi connectivity index (χ4v) is 3.36. The van der Waals surface area contributed by atoms with Gasteiger partial charge in [-0.1, -0.05) is 19.9 Å². The number of hydrogen-bond donors (Lipinski definition) is 0. The van der Waals surface area contributed by atoms with Gasteiger partial charge in [-0.25, -0.2) is 0 Å². The molecule has 1 heterocycles. The van der Waals surface area contributed by atoms with E-state index in [1.807, 2.05) is 13.8 Å². The average Bonchev–Trinajstić information content (AvgIpc) is 3.05. The van der Waals surface area contributed by atoms with E-state index < -0.39 is 10.1 Å². The fourth-order valence-electron chi connectivity index (χ4n) is 2.90. The molecule has 1 amide bonds. The number of amides is 1. The lowest BCUT2D eigenvalue weighted by molar-refractivity contribution is -0.136. The number of nitrogens with zero attached hydrogens (tertiary/aromatic N) is 1. The maximum absolute atomic E-state index is 12.6. The minimum absolute atomic E-state index is 0.0295. The van der Waals surface area contributed by atoms with Gasteiger partial charge in [-0.15, -0.1) is 0 Å². The molecule has 1 aliphatic rings. The van der Waals surface area contributed by atoms with Crippen LogP contribution in [0.3, 0.4) is 0 Å². The summed E-state index contributed by atoms with van der Waals surface area (Å²) in [4.78, 5) is 14.3. The Balaban J connectivity index is 2.22. The highest BCUT2D eigenvalue weighted by atomic mass is 32.2. The Labute approximate surface area is 155 Å². The number of rotatable bonds is 8. The highest BCUT2D eigenvalue weighted by Gasteiger charge is 2.24. The fraction of sp³-hybridized carbons (Fsp3) is 0.611. The number of carbonyl (C=O) groups is 1. The maximum atomic E-state index is 12.6.